The first-order valence-electron chi connectivity index (χ1n) is 7.37. The van der Waals surface area contributed by atoms with Gasteiger partial charge in [0.05, 0.1) is 25.7 Å². The minimum absolute atomic E-state index is 0.101. The van der Waals surface area contributed by atoms with Crippen molar-refractivity contribution < 1.29 is 19.0 Å². The Kier molecular flexibility index (Phi) is 4.01. The van der Waals surface area contributed by atoms with Crippen LogP contribution in [0.5, 0.6) is 11.5 Å². The van der Waals surface area contributed by atoms with Crippen LogP contribution in [0.4, 0.5) is 0 Å². The minimum Gasteiger partial charge on any atom is -0.497 e. The van der Waals surface area contributed by atoms with Crippen LogP contribution in [0.3, 0.4) is 0 Å². The van der Waals surface area contributed by atoms with Gasteiger partial charge < -0.3 is 19.1 Å². The van der Waals surface area contributed by atoms with Crippen molar-refractivity contribution in [2.24, 2.45) is 5.92 Å². The topological polar surface area (TPSA) is 48.0 Å². The molecule has 0 spiro atoms. The SMILES string of the molecule is COc1ccc2c(c1)OC[C@@H](C(=O)N1CCO[C@H](C)C1)C2. The van der Waals surface area contributed by atoms with E-state index in [0.29, 0.717) is 26.3 Å². The molecule has 1 saturated heterocycles. The normalized spacial score (nSPS) is 25.0. The lowest BCUT2D eigenvalue weighted by atomic mass is 9.95. The summed E-state index contributed by atoms with van der Waals surface area (Å²) in [7, 11) is 1.64. The highest BCUT2D eigenvalue weighted by atomic mass is 16.5. The molecule has 0 radical (unpaired) electrons. The van der Waals surface area contributed by atoms with E-state index >= 15 is 0 Å². The number of hydrogen-bond acceptors (Lipinski definition) is 4. The highest BCUT2D eigenvalue weighted by Gasteiger charge is 2.31. The largest absolute Gasteiger partial charge is 0.497 e. The fourth-order valence-corrected chi connectivity index (χ4v) is 2.91. The number of hydrogen-bond donors (Lipinski definition) is 0. The summed E-state index contributed by atoms with van der Waals surface area (Å²) in [5.41, 5.74) is 1.07. The van der Waals surface area contributed by atoms with Crippen LogP contribution in [0.2, 0.25) is 0 Å². The molecule has 2 aliphatic heterocycles. The highest BCUT2D eigenvalue weighted by molar-refractivity contribution is 5.80. The van der Waals surface area contributed by atoms with Crippen molar-refractivity contribution in [3.8, 4) is 11.5 Å². The lowest BCUT2D eigenvalue weighted by Gasteiger charge is -2.35. The van der Waals surface area contributed by atoms with Gasteiger partial charge in [-0.25, -0.2) is 0 Å². The number of amides is 1. The van der Waals surface area contributed by atoms with E-state index in [4.69, 9.17) is 14.2 Å². The Labute approximate surface area is 124 Å². The predicted molar refractivity (Wildman–Crippen MR) is 77.7 cm³/mol. The van der Waals surface area contributed by atoms with Crippen LogP contribution < -0.4 is 9.47 Å². The van der Waals surface area contributed by atoms with Crippen LogP contribution in [0.15, 0.2) is 18.2 Å². The first-order chi connectivity index (χ1) is 10.2. The van der Waals surface area contributed by atoms with Gasteiger partial charge in [0.15, 0.2) is 0 Å². The second-order valence-electron chi connectivity index (χ2n) is 5.65. The highest BCUT2D eigenvalue weighted by Crippen LogP contribution is 2.31. The van der Waals surface area contributed by atoms with Gasteiger partial charge in [-0.1, -0.05) is 6.07 Å². The fraction of sp³-hybridized carbons (Fsp3) is 0.562. The summed E-state index contributed by atoms with van der Waals surface area (Å²) in [6, 6.07) is 5.77. The third-order valence-corrected chi connectivity index (χ3v) is 4.08. The summed E-state index contributed by atoms with van der Waals surface area (Å²) >= 11 is 0. The minimum atomic E-state index is -0.101. The first-order valence-corrected chi connectivity index (χ1v) is 7.37. The Balaban J connectivity index is 1.69. The number of methoxy groups -OCH3 is 1. The molecule has 1 aromatic carbocycles. The van der Waals surface area contributed by atoms with Crippen LogP contribution in [0.25, 0.3) is 0 Å². The Morgan fingerprint density at radius 1 is 1.43 bits per heavy atom. The zero-order valence-corrected chi connectivity index (χ0v) is 12.5. The molecule has 2 heterocycles. The molecular formula is C16H21NO4. The summed E-state index contributed by atoms with van der Waals surface area (Å²) in [5.74, 6) is 1.68. The molecule has 0 saturated carbocycles. The van der Waals surface area contributed by atoms with E-state index in [1.165, 1.54) is 0 Å². The molecular weight excluding hydrogens is 270 g/mol. The molecule has 3 rings (SSSR count). The molecule has 21 heavy (non-hydrogen) atoms. The molecule has 0 N–H and O–H groups in total. The second-order valence-corrected chi connectivity index (χ2v) is 5.65. The third kappa shape index (κ3) is 2.97. The number of morpholine rings is 1. The molecule has 2 atom stereocenters. The number of ether oxygens (including phenoxy) is 3. The van der Waals surface area contributed by atoms with Gasteiger partial charge in [0.1, 0.15) is 18.1 Å². The van der Waals surface area contributed by atoms with Crippen LogP contribution in [-0.4, -0.2) is 50.3 Å². The summed E-state index contributed by atoms with van der Waals surface area (Å²) in [6.45, 7) is 4.40. The van der Waals surface area contributed by atoms with Gasteiger partial charge in [-0.2, -0.15) is 0 Å². The number of rotatable bonds is 2. The second kappa shape index (κ2) is 5.93. The standard InChI is InChI=1S/C16H21NO4/c1-11-9-17(5-6-20-11)16(18)13-7-12-3-4-14(19-2)8-15(12)21-10-13/h3-4,8,11,13H,5-7,9-10H2,1-2H3/t11-,13+/m1/s1. The van der Waals surface area contributed by atoms with Gasteiger partial charge in [-0.3, -0.25) is 4.79 Å². The van der Waals surface area contributed by atoms with Crippen molar-refractivity contribution in [2.75, 3.05) is 33.4 Å². The Morgan fingerprint density at radius 3 is 3.05 bits per heavy atom. The molecule has 0 aromatic heterocycles. The molecule has 5 nitrogen and oxygen atoms in total. The van der Waals surface area contributed by atoms with E-state index in [2.05, 4.69) is 0 Å². The van der Waals surface area contributed by atoms with Gasteiger partial charge in [0.25, 0.3) is 0 Å². The maximum Gasteiger partial charge on any atom is 0.229 e. The van der Waals surface area contributed by atoms with Gasteiger partial charge in [-0.15, -0.1) is 0 Å². The zero-order chi connectivity index (χ0) is 14.8. The predicted octanol–water partition coefficient (Wildman–Crippen LogP) is 1.49. The summed E-state index contributed by atoms with van der Waals surface area (Å²) in [6.07, 6.45) is 0.841. The van der Waals surface area contributed by atoms with Gasteiger partial charge in [0, 0.05) is 19.2 Å². The van der Waals surface area contributed by atoms with E-state index in [1.807, 2.05) is 30.0 Å². The van der Waals surface area contributed by atoms with E-state index < -0.39 is 0 Å². The Hall–Kier alpha value is -1.75. The van der Waals surface area contributed by atoms with E-state index in [1.54, 1.807) is 7.11 Å². The van der Waals surface area contributed by atoms with Crippen molar-refractivity contribution >= 4 is 5.91 Å². The quantitative estimate of drug-likeness (QED) is 0.828. The lowest BCUT2D eigenvalue weighted by molar-refractivity contribution is -0.143. The molecule has 1 amide bonds. The Bertz CT molecular complexity index is 531. The molecule has 1 aromatic rings. The lowest BCUT2D eigenvalue weighted by Crippen LogP contribution is -2.48. The number of nitrogens with zero attached hydrogens (tertiary/aromatic N) is 1. The molecule has 5 heteroatoms. The number of carbonyl (C=O) groups excluding carboxylic acids is 1. The summed E-state index contributed by atoms with van der Waals surface area (Å²) < 4.78 is 16.4. The van der Waals surface area contributed by atoms with Crippen LogP contribution in [0, 0.1) is 5.92 Å². The van der Waals surface area contributed by atoms with Crippen LogP contribution >= 0.6 is 0 Å². The third-order valence-electron chi connectivity index (χ3n) is 4.08. The van der Waals surface area contributed by atoms with E-state index in [9.17, 15) is 4.79 Å². The summed E-state index contributed by atoms with van der Waals surface area (Å²) in [4.78, 5) is 14.5. The van der Waals surface area contributed by atoms with E-state index in [0.717, 1.165) is 23.5 Å². The van der Waals surface area contributed by atoms with Gasteiger partial charge in [0.2, 0.25) is 5.91 Å². The van der Waals surface area contributed by atoms with Crippen molar-refractivity contribution in [2.45, 2.75) is 19.4 Å². The molecule has 1 fully saturated rings. The summed E-state index contributed by atoms with van der Waals surface area (Å²) in [5, 5.41) is 0. The van der Waals surface area contributed by atoms with Crippen molar-refractivity contribution in [1.82, 2.24) is 4.90 Å². The van der Waals surface area contributed by atoms with Gasteiger partial charge in [-0.05, 0) is 25.0 Å². The number of fused-ring (bicyclic) bond motifs is 1. The average Bonchev–Trinajstić information content (AvgIpc) is 2.53. The maximum absolute atomic E-state index is 12.6. The fourth-order valence-electron chi connectivity index (χ4n) is 2.91. The monoisotopic (exact) mass is 291 g/mol. The van der Waals surface area contributed by atoms with Crippen molar-refractivity contribution in [3.63, 3.8) is 0 Å². The van der Waals surface area contributed by atoms with Crippen molar-refractivity contribution in [1.29, 1.82) is 0 Å². The first kappa shape index (κ1) is 14.2. The molecule has 0 aliphatic carbocycles. The number of benzene rings is 1. The molecule has 114 valence electrons. The average molecular weight is 291 g/mol. The molecule has 2 aliphatic rings. The maximum atomic E-state index is 12.6. The molecule has 0 unspecified atom stereocenters. The van der Waals surface area contributed by atoms with Crippen LogP contribution in [-0.2, 0) is 16.0 Å². The molecule has 0 bridgehead atoms. The van der Waals surface area contributed by atoms with E-state index in [-0.39, 0.29) is 17.9 Å². The Morgan fingerprint density at radius 2 is 2.29 bits per heavy atom. The number of carbonyl (C=O) groups is 1. The van der Waals surface area contributed by atoms with Gasteiger partial charge >= 0.3 is 0 Å². The van der Waals surface area contributed by atoms with Crippen LogP contribution in [0.1, 0.15) is 12.5 Å². The smallest absolute Gasteiger partial charge is 0.229 e. The van der Waals surface area contributed by atoms with Crippen molar-refractivity contribution in [3.05, 3.63) is 23.8 Å². The zero-order valence-electron chi connectivity index (χ0n) is 12.5.